The van der Waals surface area contributed by atoms with Crippen LogP contribution >= 0.6 is 0 Å². The van der Waals surface area contributed by atoms with Crippen molar-refractivity contribution in [3.8, 4) is 0 Å². The maximum absolute atomic E-state index is 11.8. The second kappa shape index (κ2) is 26.5. The first kappa shape index (κ1) is 41.6. The summed E-state index contributed by atoms with van der Waals surface area (Å²) in [5.74, 6) is 0.973. The van der Waals surface area contributed by atoms with Gasteiger partial charge in [-0.3, -0.25) is 9.59 Å². The van der Waals surface area contributed by atoms with Gasteiger partial charge in [0.2, 0.25) is 0 Å². The molecule has 2 heterocycles. The van der Waals surface area contributed by atoms with Crippen LogP contribution in [0.1, 0.15) is 135 Å². The second-order valence-electron chi connectivity index (χ2n) is 8.62. The fourth-order valence-electron chi connectivity index (χ4n) is 2.19. The maximum Gasteiger partial charge on any atom is 0.263 e. The lowest BCUT2D eigenvalue weighted by Gasteiger charge is -2.13. The molecule has 2 rings (SSSR count). The zero-order valence-corrected chi connectivity index (χ0v) is 26.6. The van der Waals surface area contributed by atoms with Crippen LogP contribution in [0.2, 0.25) is 0 Å². The summed E-state index contributed by atoms with van der Waals surface area (Å²) in [6.07, 6.45) is 7.78. The largest absolute Gasteiger partial charge is 0.388 e. The molecule has 0 spiro atoms. The lowest BCUT2D eigenvalue weighted by molar-refractivity contribution is 0.0825. The first-order valence-electron chi connectivity index (χ1n) is 13.7. The number of hydrogen-bond acceptors (Lipinski definition) is 5. The van der Waals surface area contributed by atoms with Crippen molar-refractivity contribution in [1.82, 2.24) is 19.4 Å². The molecule has 216 valence electrons. The van der Waals surface area contributed by atoms with Crippen molar-refractivity contribution >= 4 is 5.91 Å². The van der Waals surface area contributed by atoms with Crippen LogP contribution in [0, 0.1) is 0 Å². The van der Waals surface area contributed by atoms with E-state index < -0.39 is 0 Å². The van der Waals surface area contributed by atoms with Gasteiger partial charge < -0.3 is 14.6 Å². The van der Waals surface area contributed by atoms with E-state index in [-0.39, 0.29) is 23.6 Å². The number of carbonyl (C=O) groups excluding carboxylic acids is 1. The molecule has 0 radical (unpaired) electrons. The van der Waals surface area contributed by atoms with E-state index in [0.29, 0.717) is 17.7 Å². The number of aromatic nitrogens is 3. The summed E-state index contributed by atoms with van der Waals surface area (Å²) in [6, 6.07) is 1.69. The van der Waals surface area contributed by atoms with E-state index in [1.165, 1.54) is 22.3 Å². The van der Waals surface area contributed by atoms with Gasteiger partial charge >= 0.3 is 0 Å². The number of nitrogens with zero attached hydrogens (tertiary/aromatic N) is 4. The molecular weight excluding hydrogens is 464 g/mol. The number of carbonyl (C=O) groups is 1. The van der Waals surface area contributed by atoms with Gasteiger partial charge in [0, 0.05) is 39.7 Å². The number of aryl methyl sites for hydroxylation is 1. The Bertz CT molecular complexity index is 841. The van der Waals surface area contributed by atoms with Crippen LogP contribution in [0.5, 0.6) is 0 Å². The minimum Gasteiger partial charge on any atom is -0.388 e. The Morgan fingerprint density at radius 1 is 0.892 bits per heavy atom. The molecule has 0 aliphatic heterocycles. The molecule has 1 N–H and O–H groups in total. The Morgan fingerprint density at radius 3 is 1.57 bits per heavy atom. The van der Waals surface area contributed by atoms with E-state index in [4.69, 9.17) is 5.11 Å². The molecule has 0 atom stereocenters. The van der Waals surface area contributed by atoms with E-state index in [2.05, 4.69) is 51.5 Å². The molecule has 7 heteroatoms. The van der Waals surface area contributed by atoms with Gasteiger partial charge in [0.1, 0.15) is 12.2 Å². The molecule has 0 saturated heterocycles. The summed E-state index contributed by atoms with van der Waals surface area (Å²) in [5.41, 5.74) is 2.08. The average molecular weight is 523 g/mol. The predicted octanol–water partition coefficient (Wildman–Crippen LogP) is 7.19. The van der Waals surface area contributed by atoms with Crippen LogP contribution in [-0.4, -0.2) is 44.5 Å². The topological polar surface area (TPSA) is 88.3 Å². The number of pyridine rings is 1. The first-order valence-corrected chi connectivity index (χ1v) is 13.7. The molecule has 0 saturated carbocycles. The summed E-state index contributed by atoms with van der Waals surface area (Å²) in [7, 11) is 4.95. The van der Waals surface area contributed by atoms with E-state index in [0.717, 1.165) is 11.1 Å². The van der Waals surface area contributed by atoms with Crippen molar-refractivity contribution in [3.05, 3.63) is 57.5 Å². The zero-order chi connectivity index (χ0) is 30.1. The fourth-order valence-corrected chi connectivity index (χ4v) is 2.19. The van der Waals surface area contributed by atoms with Crippen molar-refractivity contribution in [2.75, 3.05) is 14.1 Å². The number of hydrogen-bond donors (Lipinski definition) is 1. The lowest BCUT2D eigenvalue weighted by Crippen LogP contribution is -2.31. The average Bonchev–Trinajstić information content (AvgIpc) is 2.88. The lowest BCUT2D eigenvalue weighted by atomic mass is 10.0. The minimum atomic E-state index is -0.247. The van der Waals surface area contributed by atoms with Crippen LogP contribution in [-0.2, 0) is 13.7 Å². The third-order valence-corrected chi connectivity index (χ3v) is 4.04. The van der Waals surface area contributed by atoms with Gasteiger partial charge in [-0.2, -0.15) is 0 Å². The van der Waals surface area contributed by atoms with Crippen LogP contribution in [0.25, 0.3) is 0 Å². The van der Waals surface area contributed by atoms with Gasteiger partial charge in [0.15, 0.2) is 5.82 Å². The Hall–Kier alpha value is -2.54. The Balaban J connectivity index is -0.000000224. The van der Waals surface area contributed by atoms with Gasteiger partial charge in [-0.25, -0.2) is 9.97 Å². The van der Waals surface area contributed by atoms with Gasteiger partial charge in [0.05, 0.1) is 0 Å². The highest BCUT2D eigenvalue weighted by Crippen LogP contribution is 2.14. The number of aliphatic hydroxyl groups is 1. The third kappa shape index (κ3) is 19.3. The minimum absolute atomic E-state index is 0.0849. The highest BCUT2D eigenvalue weighted by atomic mass is 16.3. The molecule has 0 aromatic carbocycles. The molecule has 37 heavy (non-hydrogen) atoms. The normalized spacial score (nSPS) is 9.03. The molecule has 2 aromatic rings. The van der Waals surface area contributed by atoms with Gasteiger partial charge in [-0.05, 0) is 29.0 Å². The summed E-state index contributed by atoms with van der Waals surface area (Å²) >= 11 is 0. The second-order valence-corrected chi connectivity index (χ2v) is 8.62. The number of amides is 1. The predicted molar refractivity (Wildman–Crippen MR) is 160 cm³/mol. The standard InChI is InChI=1S/C12H18N2O2.C8H12N2O.2C3H8.2C2H6/c1-8(2)9-6-10(11(15)13(3)4)12(16)14(5)7-9;1-6(2)7-3-9-8(5-11)10-4-7;2*1-3-2;2*1-2/h6-8H,1-5H3;3-4,6,11H,5H2,1-2H3;2*3H2,1-2H3;2*1-2H3. The molecule has 0 fully saturated rings. The van der Waals surface area contributed by atoms with Gasteiger partial charge in [0.25, 0.3) is 11.5 Å². The smallest absolute Gasteiger partial charge is 0.263 e. The van der Waals surface area contributed by atoms with Crippen LogP contribution < -0.4 is 5.56 Å². The number of aliphatic hydroxyl groups excluding tert-OH is 1. The van der Waals surface area contributed by atoms with Crippen LogP contribution in [0.4, 0.5) is 0 Å². The monoisotopic (exact) mass is 522 g/mol. The highest BCUT2D eigenvalue weighted by Gasteiger charge is 2.15. The first-order chi connectivity index (χ1) is 17.4. The molecule has 2 aromatic heterocycles. The summed E-state index contributed by atoms with van der Waals surface area (Å²) in [4.78, 5) is 32.9. The van der Waals surface area contributed by atoms with Crippen LogP contribution in [0.15, 0.2) is 29.5 Å². The molecule has 0 aliphatic carbocycles. The highest BCUT2D eigenvalue weighted by molar-refractivity contribution is 5.93. The zero-order valence-electron chi connectivity index (χ0n) is 26.6. The van der Waals surface area contributed by atoms with E-state index in [1.54, 1.807) is 45.8 Å². The third-order valence-electron chi connectivity index (χ3n) is 4.04. The Labute approximate surface area is 228 Å². The van der Waals surface area contributed by atoms with Crippen LogP contribution in [0.3, 0.4) is 0 Å². The van der Waals surface area contributed by atoms with E-state index in [1.807, 2.05) is 41.5 Å². The quantitative estimate of drug-likeness (QED) is 0.459. The Kier molecular flexibility index (Phi) is 29.8. The van der Waals surface area contributed by atoms with E-state index in [9.17, 15) is 9.59 Å². The summed E-state index contributed by atoms with van der Waals surface area (Å²) in [5, 5.41) is 8.64. The van der Waals surface area contributed by atoms with Gasteiger partial charge in [-0.1, -0.05) is 95.9 Å². The Morgan fingerprint density at radius 2 is 1.27 bits per heavy atom. The molecule has 7 nitrogen and oxygen atoms in total. The van der Waals surface area contributed by atoms with Crippen molar-refractivity contribution in [2.45, 2.75) is 114 Å². The summed E-state index contributed by atoms with van der Waals surface area (Å²) in [6.45, 7) is 24.6. The summed E-state index contributed by atoms with van der Waals surface area (Å²) < 4.78 is 1.46. The van der Waals surface area contributed by atoms with Crippen molar-refractivity contribution in [1.29, 1.82) is 0 Å². The van der Waals surface area contributed by atoms with Crippen molar-refractivity contribution in [3.63, 3.8) is 0 Å². The number of rotatable bonds is 4. The fraction of sp³-hybridized carbons (Fsp3) is 0.667. The SMILES string of the molecule is CC.CC.CC(C)c1cc(C(=O)N(C)C)c(=O)n(C)c1.CC(C)c1cnc(CO)nc1.CCC.CCC. The van der Waals surface area contributed by atoms with Gasteiger partial charge in [-0.15, -0.1) is 0 Å². The van der Waals surface area contributed by atoms with Crippen molar-refractivity contribution in [2.24, 2.45) is 7.05 Å². The van der Waals surface area contributed by atoms with E-state index >= 15 is 0 Å². The molecular formula is C30H58N4O3. The maximum atomic E-state index is 11.8. The molecule has 0 aliphatic rings. The molecule has 0 bridgehead atoms. The van der Waals surface area contributed by atoms with Crippen molar-refractivity contribution < 1.29 is 9.90 Å². The molecule has 1 amide bonds. The molecule has 0 unspecified atom stereocenters.